The Morgan fingerprint density at radius 1 is 0.722 bits per heavy atom. The number of rotatable bonds is 2. The zero-order valence-corrected chi connectivity index (χ0v) is 9.13. The van der Waals surface area contributed by atoms with Crippen molar-refractivity contribution in [3.8, 4) is 0 Å². The van der Waals surface area contributed by atoms with Gasteiger partial charge in [0.2, 0.25) is 0 Å². The topological polar surface area (TPSA) is 26.0 Å². The van der Waals surface area contributed by atoms with Crippen LogP contribution in [0.4, 0.5) is 17.6 Å². The average molecular weight is 255 g/mol. The van der Waals surface area contributed by atoms with Crippen LogP contribution in [0.3, 0.4) is 0 Å². The smallest absolute Gasteiger partial charge is 0.161 e. The molecule has 0 aliphatic carbocycles. The van der Waals surface area contributed by atoms with Crippen molar-refractivity contribution in [3.05, 3.63) is 70.8 Å². The Morgan fingerprint density at radius 2 is 1.33 bits per heavy atom. The summed E-state index contributed by atoms with van der Waals surface area (Å²) in [6.45, 7) is 0. The third-order valence-electron chi connectivity index (χ3n) is 2.61. The van der Waals surface area contributed by atoms with Gasteiger partial charge in [-0.05, 0) is 12.1 Å². The van der Waals surface area contributed by atoms with Gasteiger partial charge in [-0.3, -0.25) is 0 Å². The SMILES string of the molecule is NC(c1ccccc1F)c1cc(F)c(F)cc1F. The Hall–Kier alpha value is -1.88. The normalized spacial score (nSPS) is 12.5. The van der Waals surface area contributed by atoms with Gasteiger partial charge in [0.15, 0.2) is 11.6 Å². The van der Waals surface area contributed by atoms with Crippen molar-refractivity contribution in [2.24, 2.45) is 5.73 Å². The van der Waals surface area contributed by atoms with Crippen LogP contribution in [0.15, 0.2) is 36.4 Å². The molecule has 0 fully saturated rings. The Kier molecular flexibility index (Phi) is 3.34. The molecule has 2 rings (SSSR count). The molecule has 1 unspecified atom stereocenters. The maximum absolute atomic E-state index is 13.5. The largest absolute Gasteiger partial charge is 0.320 e. The van der Waals surface area contributed by atoms with E-state index in [0.717, 1.165) is 6.07 Å². The van der Waals surface area contributed by atoms with E-state index in [1.807, 2.05) is 0 Å². The van der Waals surface area contributed by atoms with Gasteiger partial charge in [0.25, 0.3) is 0 Å². The number of halogens is 4. The molecule has 0 amide bonds. The van der Waals surface area contributed by atoms with Crippen molar-refractivity contribution in [1.29, 1.82) is 0 Å². The quantitative estimate of drug-likeness (QED) is 0.646. The van der Waals surface area contributed by atoms with E-state index in [2.05, 4.69) is 0 Å². The second-order valence-corrected chi connectivity index (χ2v) is 3.79. The van der Waals surface area contributed by atoms with E-state index in [-0.39, 0.29) is 11.1 Å². The lowest BCUT2D eigenvalue weighted by Crippen LogP contribution is -2.16. The van der Waals surface area contributed by atoms with Gasteiger partial charge < -0.3 is 5.73 Å². The minimum absolute atomic E-state index is 0.0161. The molecule has 18 heavy (non-hydrogen) atoms. The monoisotopic (exact) mass is 255 g/mol. The van der Waals surface area contributed by atoms with Crippen LogP contribution >= 0.6 is 0 Å². The molecule has 1 atom stereocenters. The van der Waals surface area contributed by atoms with Crippen molar-refractivity contribution in [2.75, 3.05) is 0 Å². The van der Waals surface area contributed by atoms with E-state index in [1.165, 1.54) is 18.2 Å². The zero-order valence-electron chi connectivity index (χ0n) is 9.13. The van der Waals surface area contributed by atoms with Crippen molar-refractivity contribution in [3.63, 3.8) is 0 Å². The first-order chi connectivity index (χ1) is 8.50. The van der Waals surface area contributed by atoms with Gasteiger partial charge in [-0.2, -0.15) is 0 Å². The highest BCUT2D eigenvalue weighted by Gasteiger charge is 2.19. The maximum atomic E-state index is 13.5. The highest BCUT2D eigenvalue weighted by molar-refractivity contribution is 5.33. The molecular weight excluding hydrogens is 246 g/mol. The molecule has 0 radical (unpaired) electrons. The van der Waals surface area contributed by atoms with Gasteiger partial charge in [-0.1, -0.05) is 18.2 Å². The highest BCUT2D eigenvalue weighted by Crippen LogP contribution is 2.25. The van der Waals surface area contributed by atoms with Crippen molar-refractivity contribution >= 4 is 0 Å². The third kappa shape index (κ3) is 2.22. The first kappa shape index (κ1) is 12.6. The van der Waals surface area contributed by atoms with Crippen LogP contribution < -0.4 is 5.73 Å². The molecular formula is C13H9F4N. The lowest BCUT2D eigenvalue weighted by molar-refractivity contribution is 0.486. The summed E-state index contributed by atoms with van der Waals surface area (Å²) >= 11 is 0. The molecule has 0 bridgehead atoms. The molecule has 0 aliphatic rings. The lowest BCUT2D eigenvalue weighted by atomic mass is 9.98. The van der Waals surface area contributed by atoms with E-state index in [4.69, 9.17) is 5.73 Å². The number of hydrogen-bond acceptors (Lipinski definition) is 1. The molecule has 2 aromatic rings. The van der Waals surface area contributed by atoms with Crippen LogP contribution in [0.25, 0.3) is 0 Å². The first-order valence-corrected chi connectivity index (χ1v) is 5.15. The summed E-state index contributed by atoms with van der Waals surface area (Å²) in [6, 6.07) is 5.34. The molecule has 0 saturated carbocycles. The number of nitrogens with two attached hydrogens (primary N) is 1. The van der Waals surface area contributed by atoms with Crippen LogP contribution in [-0.2, 0) is 0 Å². The van der Waals surface area contributed by atoms with Gasteiger partial charge in [-0.25, -0.2) is 17.6 Å². The van der Waals surface area contributed by atoms with Crippen molar-refractivity contribution in [1.82, 2.24) is 0 Å². The summed E-state index contributed by atoms with van der Waals surface area (Å²) in [7, 11) is 0. The van der Waals surface area contributed by atoms with Crippen molar-refractivity contribution < 1.29 is 17.6 Å². The van der Waals surface area contributed by atoms with Gasteiger partial charge in [-0.15, -0.1) is 0 Å². The predicted octanol–water partition coefficient (Wildman–Crippen LogP) is 3.29. The molecule has 2 aromatic carbocycles. The molecule has 0 aromatic heterocycles. The average Bonchev–Trinajstić information content (AvgIpc) is 2.33. The Balaban J connectivity index is 2.50. The lowest BCUT2D eigenvalue weighted by Gasteiger charge is -2.14. The summed E-state index contributed by atoms with van der Waals surface area (Å²) in [5.74, 6) is -4.17. The molecule has 0 spiro atoms. The summed E-state index contributed by atoms with van der Waals surface area (Å²) in [5, 5.41) is 0. The minimum Gasteiger partial charge on any atom is -0.320 e. The Morgan fingerprint density at radius 3 is 2.00 bits per heavy atom. The van der Waals surface area contributed by atoms with E-state index in [1.54, 1.807) is 0 Å². The van der Waals surface area contributed by atoms with E-state index < -0.39 is 29.3 Å². The molecule has 5 heteroatoms. The zero-order chi connectivity index (χ0) is 13.3. The molecule has 1 nitrogen and oxygen atoms in total. The maximum Gasteiger partial charge on any atom is 0.161 e. The second kappa shape index (κ2) is 4.78. The highest BCUT2D eigenvalue weighted by atomic mass is 19.2. The summed E-state index contributed by atoms with van der Waals surface area (Å²) < 4.78 is 52.8. The van der Waals surface area contributed by atoms with Gasteiger partial charge >= 0.3 is 0 Å². The van der Waals surface area contributed by atoms with Gasteiger partial charge in [0.05, 0.1) is 6.04 Å². The van der Waals surface area contributed by atoms with Crippen LogP contribution in [0.1, 0.15) is 17.2 Å². The Labute approximate surface area is 101 Å². The standard InChI is InChI=1S/C13H9F4N/c14-9-4-2-1-3-7(9)13(18)8-5-11(16)12(17)6-10(8)15/h1-6,13H,18H2. The van der Waals surface area contributed by atoms with Crippen molar-refractivity contribution in [2.45, 2.75) is 6.04 Å². The summed E-state index contributed by atoms with van der Waals surface area (Å²) in [5.41, 5.74) is 5.39. The first-order valence-electron chi connectivity index (χ1n) is 5.15. The molecule has 2 N–H and O–H groups in total. The van der Waals surface area contributed by atoms with Gasteiger partial charge in [0, 0.05) is 17.2 Å². The number of hydrogen-bond donors (Lipinski definition) is 1. The minimum atomic E-state index is -1.31. The summed E-state index contributed by atoms with van der Waals surface area (Å²) in [4.78, 5) is 0. The number of benzene rings is 2. The second-order valence-electron chi connectivity index (χ2n) is 3.79. The fourth-order valence-electron chi connectivity index (χ4n) is 1.67. The van der Waals surface area contributed by atoms with E-state index in [9.17, 15) is 17.6 Å². The molecule has 94 valence electrons. The fraction of sp³-hybridized carbons (Fsp3) is 0.0769. The van der Waals surface area contributed by atoms with Crippen LogP contribution in [0.2, 0.25) is 0 Å². The Bertz CT molecular complexity index is 583. The van der Waals surface area contributed by atoms with Crippen LogP contribution in [0.5, 0.6) is 0 Å². The molecule has 0 heterocycles. The van der Waals surface area contributed by atoms with Crippen LogP contribution in [0, 0.1) is 23.3 Å². The third-order valence-corrected chi connectivity index (χ3v) is 2.61. The van der Waals surface area contributed by atoms with E-state index >= 15 is 0 Å². The van der Waals surface area contributed by atoms with E-state index in [0.29, 0.717) is 12.1 Å². The molecule has 0 saturated heterocycles. The molecule has 0 aliphatic heterocycles. The van der Waals surface area contributed by atoms with Gasteiger partial charge in [0.1, 0.15) is 11.6 Å². The van der Waals surface area contributed by atoms with Crippen LogP contribution in [-0.4, -0.2) is 0 Å². The summed E-state index contributed by atoms with van der Waals surface area (Å²) in [6.07, 6.45) is 0. The fourth-order valence-corrected chi connectivity index (χ4v) is 1.67. The predicted molar refractivity (Wildman–Crippen MR) is 58.7 cm³/mol.